The first-order valence-corrected chi connectivity index (χ1v) is 4.69. The second kappa shape index (κ2) is 5.00. The predicted molar refractivity (Wildman–Crippen MR) is 59.5 cm³/mol. The molecule has 0 amide bonds. The van der Waals surface area contributed by atoms with E-state index in [0.717, 1.165) is 16.7 Å². The van der Waals surface area contributed by atoms with E-state index in [4.69, 9.17) is 5.26 Å². The van der Waals surface area contributed by atoms with Crippen LogP contribution in [0.3, 0.4) is 0 Å². The van der Waals surface area contributed by atoms with Crippen molar-refractivity contribution in [1.29, 1.82) is 5.26 Å². The van der Waals surface area contributed by atoms with Crippen molar-refractivity contribution in [3.05, 3.63) is 34.4 Å². The zero-order valence-electron chi connectivity index (χ0n) is 9.42. The molecule has 0 saturated heterocycles. The molecule has 80 valence electrons. The zero-order chi connectivity index (χ0) is 12.1. The molecule has 0 radical (unpaired) electrons. The Balaban J connectivity index is 3.20. The highest BCUT2D eigenvalue weighted by Crippen LogP contribution is 2.14. The molecule has 0 fully saturated rings. The molecular formula is C13H11NO2. The summed E-state index contributed by atoms with van der Waals surface area (Å²) in [6, 6.07) is 5.56. The highest BCUT2D eigenvalue weighted by molar-refractivity contribution is 5.89. The lowest BCUT2D eigenvalue weighted by Gasteiger charge is -2.03. The minimum atomic E-state index is -0.567. The van der Waals surface area contributed by atoms with Gasteiger partial charge < -0.3 is 4.74 Å². The van der Waals surface area contributed by atoms with E-state index in [2.05, 4.69) is 22.6 Å². The second-order valence-corrected chi connectivity index (χ2v) is 3.34. The van der Waals surface area contributed by atoms with Gasteiger partial charge in [0.2, 0.25) is 0 Å². The summed E-state index contributed by atoms with van der Waals surface area (Å²) in [5, 5.41) is 8.77. The van der Waals surface area contributed by atoms with Crippen LogP contribution in [0.1, 0.15) is 22.3 Å². The summed E-state index contributed by atoms with van der Waals surface area (Å²) in [4.78, 5) is 10.9. The highest BCUT2D eigenvalue weighted by atomic mass is 16.5. The van der Waals surface area contributed by atoms with E-state index in [1.165, 1.54) is 7.11 Å². The number of carbonyl (C=O) groups excluding carboxylic acids is 1. The van der Waals surface area contributed by atoms with Crippen molar-refractivity contribution in [1.82, 2.24) is 0 Å². The first-order chi connectivity index (χ1) is 7.58. The van der Waals surface area contributed by atoms with E-state index in [9.17, 15) is 4.79 Å². The first-order valence-electron chi connectivity index (χ1n) is 4.69. The van der Waals surface area contributed by atoms with Gasteiger partial charge in [0, 0.05) is 11.5 Å². The Hall–Kier alpha value is -2.26. The van der Waals surface area contributed by atoms with Crippen LogP contribution in [0.2, 0.25) is 0 Å². The Labute approximate surface area is 94.7 Å². The van der Waals surface area contributed by atoms with Gasteiger partial charge in [-0.3, -0.25) is 0 Å². The van der Waals surface area contributed by atoms with Crippen molar-refractivity contribution in [2.45, 2.75) is 13.8 Å². The van der Waals surface area contributed by atoms with E-state index >= 15 is 0 Å². The quantitative estimate of drug-likeness (QED) is 0.487. The minimum Gasteiger partial charge on any atom is -0.459 e. The van der Waals surface area contributed by atoms with Crippen molar-refractivity contribution >= 4 is 5.97 Å². The number of hydrogen-bond acceptors (Lipinski definition) is 3. The molecule has 1 rings (SSSR count). The second-order valence-electron chi connectivity index (χ2n) is 3.34. The highest BCUT2D eigenvalue weighted by Gasteiger charge is 2.02. The van der Waals surface area contributed by atoms with Crippen molar-refractivity contribution in [3.63, 3.8) is 0 Å². The maximum atomic E-state index is 10.9. The Kier molecular flexibility index (Phi) is 3.69. The maximum absolute atomic E-state index is 10.9. The van der Waals surface area contributed by atoms with Crippen LogP contribution in [0.5, 0.6) is 0 Å². The number of esters is 1. The van der Waals surface area contributed by atoms with Gasteiger partial charge in [0.05, 0.1) is 18.7 Å². The molecule has 3 nitrogen and oxygen atoms in total. The van der Waals surface area contributed by atoms with Crippen LogP contribution < -0.4 is 0 Å². The number of methoxy groups -OCH3 is 1. The minimum absolute atomic E-state index is 0.567. The van der Waals surface area contributed by atoms with Crippen molar-refractivity contribution in [3.8, 4) is 17.9 Å². The number of nitrogens with zero attached hydrogens (tertiary/aromatic N) is 1. The number of rotatable bonds is 0. The number of carbonyl (C=O) groups is 1. The number of aryl methyl sites for hydroxylation is 2. The molecule has 0 bridgehead atoms. The molecule has 0 atom stereocenters. The van der Waals surface area contributed by atoms with Crippen LogP contribution >= 0.6 is 0 Å². The Bertz CT molecular complexity index is 504. The van der Waals surface area contributed by atoms with Crippen LogP contribution in [-0.2, 0) is 9.53 Å². The monoisotopic (exact) mass is 213 g/mol. The molecule has 16 heavy (non-hydrogen) atoms. The predicted octanol–water partition coefficient (Wildman–Crippen LogP) is 1.70. The van der Waals surface area contributed by atoms with Gasteiger partial charge in [-0.05, 0) is 37.1 Å². The third kappa shape index (κ3) is 2.62. The number of hydrogen-bond donors (Lipinski definition) is 0. The van der Waals surface area contributed by atoms with Gasteiger partial charge >= 0.3 is 5.97 Å². The van der Waals surface area contributed by atoms with E-state index in [1.54, 1.807) is 12.1 Å². The average molecular weight is 213 g/mol. The Morgan fingerprint density at radius 3 is 2.31 bits per heavy atom. The number of nitriles is 1. The standard InChI is InChI=1S/C13H11NO2/c1-9-6-11(8-14)7-10(2)12(9)4-5-13(15)16-3/h6-7H,1-3H3. The summed E-state index contributed by atoms with van der Waals surface area (Å²) in [6.07, 6.45) is 0. The number of benzene rings is 1. The summed E-state index contributed by atoms with van der Waals surface area (Å²) >= 11 is 0. The van der Waals surface area contributed by atoms with Gasteiger partial charge in [0.1, 0.15) is 0 Å². The third-order valence-electron chi connectivity index (χ3n) is 2.14. The molecule has 0 aliphatic rings. The SMILES string of the molecule is COC(=O)C#Cc1c(C)cc(C#N)cc1C. The Morgan fingerprint density at radius 2 is 1.88 bits per heavy atom. The first kappa shape index (κ1) is 11.8. The molecule has 0 heterocycles. The van der Waals surface area contributed by atoms with E-state index in [-0.39, 0.29) is 0 Å². The summed E-state index contributed by atoms with van der Waals surface area (Å²) in [7, 11) is 1.29. The third-order valence-corrected chi connectivity index (χ3v) is 2.14. The van der Waals surface area contributed by atoms with Gasteiger partial charge in [-0.1, -0.05) is 5.92 Å². The molecule has 0 spiro atoms. The van der Waals surface area contributed by atoms with E-state index < -0.39 is 5.97 Å². The van der Waals surface area contributed by atoms with Gasteiger partial charge in [-0.2, -0.15) is 5.26 Å². The molecule has 0 unspecified atom stereocenters. The molecule has 3 heteroatoms. The van der Waals surface area contributed by atoms with Gasteiger partial charge in [0.15, 0.2) is 0 Å². The fourth-order valence-electron chi connectivity index (χ4n) is 1.39. The molecule has 1 aromatic rings. The van der Waals surface area contributed by atoms with Crippen LogP contribution in [0.15, 0.2) is 12.1 Å². The summed E-state index contributed by atoms with van der Waals surface area (Å²) in [6.45, 7) is 3.71. The molecule has 0 N–H and O–H groups in total. The average Bonchev–Trinajstić information content (AvgIpc) is 2.27. The maximum Gasteiger partial charge on any atom is 0.384 e. The van der Waals surface area contributed by atoms with E-state index in [0.29, 0.717) is 5.56 Å². The van der Waals surface area contributed by atoms with Crippen molar-refractivity contribution in [2.75, 3.05) is 7.11 Å². The summed E-state index contributed by atoms with van der Waals surface area (Å²) in [5.74, 6) is 4.56. The van der Waals surface area contributed by atoms with Gasteiger partial charge in [-0.15, -0.1) is 0 Å². The van der Waals surface area contributed by atoms with Crippen molar-refractivity contribution < 1.29 is 9.53 Å². The lowest BCUT2D eigenvalue weighted by Crippen LogP contribution is -1.96. The fourth-order valence-corrected chi connectivity index (χ4v) is 1.39. The molecular weight excluding hydrogens is 202 g/mol. The Morgan fingerprint density at radius 1 is 1.31 bits per heavy atom. The van der Waals surface area contributed by atoms with Gasteiger partial charge in [-0.25, -0.2) is 4.79 Å². The number of ether oxygens (including phenoxy) is 1. The molecule has 1 aromatic carbocycles. The lowest BCUT2D eigenvalue weighted by molar-refractivity contribution is -0.133. The summed E-state index contributed by atoms with van der Waals surface area (Å²) in [5.41, 5.74) is 3.13. The molecule has 0 aliphatic heterocycles. The topological polar surface area (TPSA) is 50.1 Å². The van der Waals surface area contributed by atoms with Crippen LogP contribution in [0, 0.1) is 37.0 Å². The largest absolute Gasteiger partial charge is 0.459 e. The van der Waals surface area contributed by atoms with Gasteiger partial charge in [0.25, 0.3) is 0 Å². The molecule has 0 saturated carbocycles. The van der Waals surface area contributed by atoms with Crippen molar-refractivity contribution in [2.24, 2.45) is 0 Å². The zero-order valence-corrected chi connectivity index (χ0v) is 9.42. The van der Waals surface area contributed by atoms with Crippen LogP contribution in [0.4, 0.5) is 0 Å². The lowest BCUT2D eigenvalue weighted by atomic mass is 10.0. The normalized spacial score (nSPS) is 8.62. The molecule has 0 aliphatic carbocycles. The van der Waals surface area contributed by atoms with Crippen LogP contribution in [0.25, 0.3) is 0 Å². The summed E-state index contributed by atoms with van der Waals surface area (Å²) < 4.78 is 4.43. The smallest absolute Gasteiger partial charge is 0.384 e. The fraction of sp³-hybridized carbons (Fsp3) is 0.231. The van der Waals surface area contributed by atoms with E-state index in [1.807, 2.05) is 13.8 Å². The van der Waals surface area contributed by atoms with Crippen LogP contribution in [-0.4, -0.2) is 13.1 Å². The molecule has 0 aromatic heterocycles.